The van der Waals surface area contributed by atoms with Crippen LogP contribution in [0.1, 0.15) is 22.3 Å². The van der Waals surface area contributed by atoms with Crippen molar-refractivity contribution < 1.29 is 12.6 Å². The quantitative estimate of drug-likeness (QED) is 0.373. The van der Waals surface area contributed by atoms with Crippen molar-refractivity contribution in [2.75, 3.05) is 0 Å². The van der Waals surface area contributed by atoms with Crippen LogP contribution in [0.2, 0.25) is 0 Å². The second-order valence-electron chi connectivity index (χ2n) is 6.20. The average molecular weight is 380 g/mol. The largest absolute Gasteiger partial charge is 0.384 e. The number of benzene rings is 3. The summed E-state index contributed by atoms with van der Waals surface area (Å²) in [4.78, 5) is 0. The molecule has 0 saturated heterocycles. The van der Waals surface area contributed by atoms with Crippen molar-refractivity contribution in [3.05, 3.63) is 101 Å². The molecule has 3 aromatic carbocycles. The third-order valence-electron chi connectivity index (χ3n) is 4.01. The predicted molar refractivity (Wildman–Crippen MR) is 106 cm³/mol. The summed E-state index contributed by atoms with van der Waals surface area (Å²) in [6.45, 7) is 0. The van der Waals surface area contributed by atoms with E-state index in [-0.39, 0.29) is 11.6 Å². The second kappa shape index (κ2) is 8.05. The highest BCUT2D eigenvalue weighted by molar-refractivity contribution is 7.86. The maximum atomic E-state index is 12.2. The minimum Gasteiger partial charge on any atom is -0.384 e. The first kappa shape index (κ1) is 18.7. The molecular formula is C21H20N2O3S. The number of rotatable bonds is 7. The zero-order valence-corrected chi connectivity index (χ0v) is 15.4. The van der Waals surface area contributed by atoms with E-state index in [2.05, 4.69) is 0 Å². The molecule has 0 aromatic heterocycles. The molecule has 0 aliphatic carbocycles. The summed E-state index contributed by atoms with van der Waals surface area (Å²) in [5, 5.41) is 7.41. The third-order valence-corrected chi connectivity index (χ3v) is 5.14. The van der Waals surface area contributed by atoms with E-state index in [9.17, 15) is 8.42 Å². The van der Waals surface area contributed by atoms with Crippen LogP contribution < -0.4 is 9.92 Å². The molecule has 0 saturated carbocycles. The number of nitrogens with one attached hydrogen (secondary N) is 1. The molecule has 6 heteroatoms. The summed E-state index contributed by atoms with van der Waals surface area (Å²) < 4.78 is 29.6. The molecule has 138 valence electrons. The summed E-state index contributed by atoms with van der Waals surface area (Å²) in [5.74, 6) is 0.166. The fourth-order valence-corrected chi connectivity index (χ4v) is 3.72. The van der Waals surface area contributed by atoms with Gasteiger partial charge in [-0.1, -0.05) is 66.7 Å². The van der Waals surface area contributed by atoms with Gasteiger partial charge in [0.05, 0.1) is 0 Å². The van der Waals surface area contributed by atoms with Crippen LogP contribution in [0, 0.1) is 5.41 Å². The molecule has 5 nitrogen and oxygen atoms in total. The summed E-state index contributed by atoms with van der Waals surface area (Å²) in [6, 6.07) is 23.4. The molecule has 0 aliphatic rings. The standard InChI is InChI=1S/C21H20N2O3S/c22-21(23)19-10-6-16(7-11-19)14-17-8-12-20(13-9-17)26-27(24,25)15-18-4-2-1-3-5-18/h1-13H,14-15H2,(H3,22,23). The first-order chi connectivity index (χ1) is 12.9. The van der Waals surface area contributed by atoms with Gasteiger partial charge in [-0.3, -0.25) is 5.41 Å². The van der Waals surface area contributed by atoms with Gasteiger partial charge in [0.2, 0.25) is 0 Å². The van der Waals surface area contributed by atoms with Gasteiger partial charge in [-0.15, -0.1) is 0 Å². The molecule has 0 fully saturated rings. The van der Waals surface area contributed by atoms with E-state index >= 15 is 0 Å². The molecule has 0 unspecified atom stereocenters. The predicted octanol–water partition coefficient (Wildman–Crippen LogP) is 3.47. The van der Waals surface area contributed by atoms with Gasteiger partial charge in [-0.25, -0.2) is 0 Å². The van der Waals surface area contributed by atoms with Crippen molar-refractivity contribution in [1.82, 2.24) is 0 Å². The van der Waals surface area contributed by atoms with E-state index in [1.165, 1.54) is 0 Å². The zero-order chi connectivity index (χ0) is 19.3. The van der Waals surface area contributed by atoms with E-state index in [1.54, 1.807) is 36.4 Å². The Balaban J connectivity index is 1.63. The van der Waals surface area contributed by atoms with Crippen LogP contribution >= 0.6 is 0 Å². The van der Waals surface area contributed by atoms with Crippen LogP contribution in [0.25, 0.3) is 0 Å². The number of nitrogens with two attached hydrogens (primary N) is 1. The first-order valence-corrected chi connectivity index (χ1v) is 9.97. The molecule has 3 aromatic rings. The van der Waals surface area contributed by atoms with Gasteiger partial charge in [0, 0.05) is 5.56 Å². The Morgan fingerprint density at radius 2 is 1.37 bits per heavy atom. The Labute approximate surface area is 159 Å². The van der Waals surface area contributed by atoms with Crippen LogP contribution in [0.15, 0.2) is 78.9 Å². The molecule has 0 spiro atoms. The smallest absolute Gasteiger partial charge is 0.313 e. The molecule has 0 aliphatic heterocycles. The summed E-state index contributed by atoms with van der Waals surface area (Å²) in [5.41, 5.74) is 8.92. The normalized spacial score (nSPS) is 11.1. The fourth-order valence-electron chi connectivity index (χ4n) is 2.66. The van der Waals surface area contributed by atoms with Crippen LogP contribution in [-0.2, 0) is 22.3 Å². The lowest BCUT2D eigenvalue weighted by Gasteiger charge is -2.08. The summed E-state index contributed by atoms with van der Waals surface area (Å²) in [7, 11) is -3.70. The van der Waals surface area contributed by atoms with Gasteiger partial charge in [0.25, 0.3) is 0 Å². The lowest BCUT2D eigenvalue weighted by molar-refractivity contribution is 0.485. The third kappa shape index (κ3) is 5.43. The molecule has 27 heavy (non-hydrogen) atoms. The maximum Gasteiger partial charge on any atom is 0.313 e. The molecule has 3 N–H and O–H groups in total. The highest BCUT2D eigenvalue weighted by Crippen LogP contribution is 2.19. The molecular weight excluding hydrogens is 360 g/mol. The van der Waals surface area contributed by atoms with Gasteiger partial charge < -0.3 is 9.92 Å². The van der Waals surface area contributed by atoms with Crippen molar-refractivity contribution in [2.45, 2.75) is 12.2 Å². The Bertz CT molecular complexity index is 1010. The number of hydrogen-bond acceptors (Lipinski definition) is 4. The molecule has 0 amide bonds. The van der Waals surface area contributed by atoms with E-state index in [1.807, 2.05) is 42.5 Å². The van der Waals surface area contributed by atoms with Crippen LogP contribution in [0.3, 0.4) is 0 Å². The van der Waals surface area contributed by atoms with Crippen molar-refractivity contribution in [3.8, 4) is 5.75 Å². The van der Waals surface area contributed by atoms with Gasteiger partial charge >= 0.3 is 10.1 Å². The number of nitrogen functional groups attached to an aromatic ring is 1. The van der Waals surface area contributed by atoms with Crippen molar-refractivity contribution in [2.24, 2.45) is 5.73 Å². The van der Waals surface area contributed by atoms with E-state index < -0.39 is 10.1 Å². The van der Waals surface area contributed by atoms with E-state index in [4.69, 9.17) is 15.3 Å². The van der Waals surface area contributed by atoms with Gasteiger partial charge in [0.15, 0.2) is 0 Å². The highest BCUT2D eigenvalue weighted by atomic mass is 32.2. The Morgan fingerprint density at radius 1 is 0.815 bits per heavy atom. The molecule has 0 bridgehead atoms. The molecule has 3 rings (SSSR count). The topological polar surface area (TPSA) is 93.2 Å². The van der Waals surface area contributed by atoms with Crippen molar-refractivity contribution in [1.29, 1.82) is 5.41 Å². The molecule has 0 radical (unpaired) electrons. The molecule has 0 atom stereocenters. The number of hydrogen-bond donors (Lipinski definition) is 2. The summed E-state index contributed by atoms with van der Waals surface area (Å²) >= 11 is 0. The fraction of sp³-hybridized carbons (Fsp3) is 0.0952. The monoisotopic (exact) mass is 380 g/mol. The first-order valence-electron chi connectivity index (χ1n) is 8.40. The van der Waals surface area contributed by atoms with Gasteiger partial charge in [-0.05, 0) is 35.2 Å². The van der Waals surface area contributed by atoms with E-state index in [0.29, 0.717) is 23.3 Å². The average Bonchev–Trinajstić information content (AvgIpc) is 2.64. The Morgan fingerprint density at radius 3 is 1.93 bits per heavy atom. The van der Waals surface area contributed by atoms with Gasteiger partial charge in [-0.2, -0.15) is 8.42 Å². The minimum atomic E-state index is -3.70. The Kier molecular flexibility index (Phi) is 5.57. The van der Waals surface area contributed by atoms with Crippen LogP contribution in [0.5, 0.6) is 5.75 Å². The maximum absolute atomic E-state index is 12.2. The van der Waals surface area contributed by atoms with Crippen molar-refractivity contribution >= 4 is 16.0 Å². The highest BCUT2D eigenvalue weighted by Gasteiger charge is 2.14. The Hall–Kier alpha value is -3.12. The second-order valence-corrected chi connectivity index (χ2v) is 7.77. The lowest BCUT2D eigenvalue weighted by atomic mass is 10.0. The lowest BCUT2D eigenvalue weighted by Crippen LogP contribution is -2.12. The SMILES string of the molecule is N=C(N)c1ccc(Cc2ccc(OS(=O)(=O)Cc3ccccc3)cc2)cc1. The molecule has 0 heterocycles. The number of amidine groups is 1. The minimum absolute atomic E-state index is 0.0414. The van der Waals surface area contributed by atoms with E-state index in [0.717, 1.165) is 11.1 Å². The summed E-state index contributed by atoms with van der Waals surface area (Å²) in [6.07, 6.45) is 0.690. The van der Waals surface area contributed by atoms with Gasteiger partial charge in [0.1, 0.15) is 17.3 Å². The van der Waals surface area contributed by atoms with Crippen molar-refractivity contribution in [3.63, 3.8) is 0 Å². The zero-order valence-electron chi connectivity index (χ0n) is 14.6. The van der Waals surface area contributed by atoms with Crippen LogP contribution in [0.4, 0.5) is 0 Å². The van der Waals surface area contributed by atoms with Crippen LogP contribution in [-0.4, -0.2) is 14.3 Å².